The second kappa shape index (κ2) is 4.30. The predicted molar refractivity (Wildman–Crippen MR) is 69.8 cm³/mol. The van der Waals surface area contributed by atoms with Crippen molar-refractivity contribution in [3.05, 3.63) is 29.3 Å². The van der Waals surface area contributed by atoms with E-state index >= 15 is 0 Å². The number of ether oxygens (including phenoxy) is 1. The summed E-state index contributed by atoms with van der Waals surface area (Å²) in [4.78, 5) is 10.9. The van der Waals surface area contributed by atoms with Crippen LogP contribution in [-0.4, -0.2) is 18.6 Å². The fraction of sp³-hybridized carbons (Fsp3) is 0.533. The predicted octanol–water partition coefficient (Wildman–Crippen LogP) is 2.25. The Hall–Kier alpha value is -1.51. The zero-order valence-corrected chi connectivity index (χ0v) is 10.9. The van der Waals surface area contributed by atoms with E-state index in [4.69, 9.17) is 4.74 Å². The molecule has 1 aliphatic carbocycles. The van der Waals surface area contributed by atoms with E-state index < -0.39 is 0 Å². The van der Waals surface area contributed by atoms with Crippen molar-refractivity contribution in [2.45, 2.75) is 38.7 Å². The van der Waals surface area contributed by atoms with Gasteiger partial charge in [-0.05, 0) is 36.8 Å². The van der Waals surface area contributed by atoms with Crippen LogP contribution in [0.2, 0.25) is 0 Å². The van der Waals surface area contributed by atoms with E-state index in [-0.39, 0.29) is 5.91 Å². The number of hydrogen-bond acceptors (Lipinski definition) is 2. The van der Waals surface area contributed by atoms with E-state index in [0.29, 0.717) is 17.9 Å². The third-order valence-electron chi connectivity index (χ3n) is 3.92. The summed E-state index contributed by atoms with van der Waals surface area (Å²) in [7, 11) is 0. The van der Waals surface area contributed by atoms with Gasteiger partial charge in [-0.2, -0.15) is 0 Å². The molecule has 1 N–H and O–H groups in total. The van der Waals surface area contributed by atoms with E-state index in [0.717, 1.165) is 18.7 Å². The highest BCUT2D eigenvalue weighted by atomic mass is 16.5. The second-order valence-corrected chi connectivity index (χ2v) is 5.50. The highest BCUT2D eigenvalue weighted by Gasteiger charge is 2.40. The molecule has 0 radical (unpaired) electrons. The maximum atomic E-state index is 10.9. The Labute approximate surface area is 108 Å². The molecule has 1 saturated carbocycles. The van der Waals surface area contributed by atoms with Crippen molar-refractivity contribution in [2.75, 3.05) is 6.54 Å². The standard InChI is InChI=1S/C15H19NO2/c1-9-6-14-12(4-3-5-15(14)18-9)13-7-11(13)8-16-10(2)17/h3-5,9,11,13H,6-8H2,1-2H3,(H,16,17)/t9?,11-,13+/m0/s1. The Morgan fingerprint density at radius 3 is 3.11 bits per heavy atom. The average molecular weight is 245 g/mol. The molecule has 1 aliphatic heterocycles. The molecular formula is C15H19NO2. The molecule has 1 amide bonds. The largest absolute Gasteiger partial charge is 0.490 e. The minimum Gasteiger partial charge on any atom is -0.490 e. The van der Waals surface area contributed by atoms with Crippen molar-refractivity contribution >= 4 is 5.91 Å². The SMILES string of the molecule is CC(=O)NC[C@@H]1C[C@H]1c1cccc2c1CC(C)O2. The summed E-state index contributed by atoms with van der Waals surface area (Å²) in [6.07, 6.45) is 2.51. The highest BCUT2D eigenvalue weighted by Crippen LogP contribution is 2.50. The van der Waals surface area contributed by atoms with Gasteiger partial charge in [0.1, 0.15) is 11.9 Å². The van der Waals surface area contributed by atoms with Gasteiger partial charge in [-0.1, -0.05) is 12.1 Å². The molecule has 18 heavy (non-hydrogen) atoms. The summed E-state index contributed by atoms with van der Waals surface area (Å²) in [6, 6.07) is 6.37. The molecule has 0 bridgehead atoms. The summed E-state index contributed by atoms with van der Waals surface area (Å²) in [5, 5.41) is 2.91. The summed E-state index contributed by atoms with van der Waals surface area (Å²) in [5.41, 5.74) is 2.83. The Kier molecular flexibility index (Phi) is 2.77. The van der Waals surface area contributed by atoms with Gasteiger partial charge in [-0.3, -0.25) is 4.79 Å². The molecular weight excluding hydrogens is 226 g/mol. The van der Waals surface area contributed by atoms with Crippen LogP contribution in [0.25, 0.3) is 0 Å². The first-order valence-electron chi connectivity index (χ1n) is 6.68. The minimum absolute atomic E-state index is 0.0656. The summed E-state index contributed by atoms with van der Waals surface area (Å²) >= 11 is 0. The molecule has 3 rings (SSSR count). The van der Waals surface area contributed by atoms with Gasteiger partial charge in [0.15, 0.2) is 0 Å². The third-order valence-corrected chi connectivity index (χ3v) is 3.92. The van der Waals surface area contributed by atoms with Crippen LogP contribution in [-0.2, 0) is 11.2 Å². The van der Waals surface area contributed by atoms with Gasteiger partial charge < -0.3 is 10.1 Å². The van der Waals surface area contributed by atoms with Gasteiger partial charge in [0, 0.05) is 25.5 Å². The van der Waals surface area contributed by atoms with Gasteiger partial charge >= 0.3 is 0 Å². The van der Waals surface area contributed by atoms with E-state index in [2.05, 4.69) is 30.4 Å². The van der Waals surface area contributed by atoms with Crippen LogP contribution >= 0.6 is 0 Å². The van der Waals surface area contributed by atoms with E-state index in [9.17, 15) is 4.79 Å². The number of nitrogens with one attached hydrogen (secondary N) is 1. The monoisotopic (exact) mass is 245 g/mol. The maximum absolute atomic E-state index is 10.9. The molecule has 3 atom stereocenters. The number of hydrogen-bond donors (Lipinski definition) is 1. The normalized spacial score (nSPS) is 28.4. The molecule has 0 aromatic heterocycles. The van der Waals surface area contributed by atoms with Crippen molar-refractivity contribution in [3.8, 4) is 5.75 Å². The van der Waals surface area contributed by atoms with Gasteiger partial charge in [0.25, 0.3) is 0 Å². The lowest BCUT2D eigenvalue weighted by atomic mass is 9.98. The number of benzene rings is 1. The first-order valence-corrected chi connectivity index (χ1v) is 6.68. The Morgan fingerprint density at radius 1 is 1.50 bits per heavy atom. The number of rotatable bonds is 3. The molecule has 2 aliphatic rings. The second-order valence-electron chi connectivity index (χ2n) is 5.50. The average Bonchev–Trinajstić information content (AvgIpc) is 2.98. The molecule has 1 aromatic rings. The first kappa shape index (κ1) is 11.6. The Balaban J connectivity index is 1.72. The molecule has 1 unspecified atom stereocenters. The van der Waals surface area contributed by atoms with Crippen molar-refractivity contribution in [1.29, 1.82) is 0 Å². The molecule has 1 fully saturated rings. The van der Waals surface area contributed by atoms with Crippen LogP contribution in [0.5, 0.6) is 5.75 Å². The van der Waals surface area contributed by atoms with Crippen LogP contribution in [0.1, 0.15) is 37.3 Å². The fourth-order valence-electron chi connectivity index (χ4n) is 2.93. The first-order chi connectivity index (χ1) is 8.65. The van der Waals surface area contributed by atoms with Crippen molar-refractivity contribution in [2.24, 2.45) is 5.92 Å². The summed E-state index contributed by atoms with van der Waals surface area (Å²) in [5.74, 6) is 2.35. The molecule has 3 heteroatoms. The quantitative estimate of drug-likeness (QED) is 0.887. The summed E-state index contributed by atoms with van der Waals surface area (Å²) in [6.45, 7) is 4.50. The van der Waals surface area contributed by atoms with Crippen LogP contribution in [0.15, 0.2) is 18.2 Å². The van der Waals surface area contributed by atoms with Gasteiger partial charge in [0.2, 0.25) is 5.91 Å². The number of fused-ring (bicyclic) bond motifs is 1. The van der Waals surface area contributed by atoms with Crippen molar-refractivity contribution < 1.29 is 9.53 Å². The van der Waals surface area contributed by atoms with Gasteiger partial charge in [-0.25, -0.2) is 0 Å². The zero-order valence-electron chi connectivity index (χ0n) is 10.9. The molecule has 3 nitrogen and oxygen atoms in total. The molecule has 96 valence electrons. The van der Waals surface area contributed by atoms with E-state index in [1.807, 2.05) is 0 Å². The number of amides is 1. The van der Waals surface area contributed by atoms with Crippen molar-refractivity contribution in [1.82, 2.24) is 5.32 Å². The smallest absolute Gasteiger partial charge is 0.216 e. The Morgan fingerprint density at radius 2 is 2.33 bits per heavy atom. The zero-order chi connectivity index (χ0) is 12.7. The van der Waals surface area contributed by atoms with Gasteiger partial charge in [0.05, 0.1) is 0 Å². The van der Waals surface area contributed by atoms with Crippen molar-refractivity contribution in [3.63, 3.8) is 0 Å². The molecule has 1 heterocycles. The maximum Gasteiger partial charge on any atom is 0.216 e. The number of carbonyl (C=O) groups excluding carboxylic acids is 1. The molecule has 0 spiro atoms. The van der Waals surface area contributed by atoms with Gasteiger partial charge in [-0.15, -0.1) is 0 Å². The van der Waals surface area contributed by atoms with Crippen LogP contribution in [0, 0.1) is 5.92 Å². The minimum atomic E-state index is 0.0656. The number of carbonyl (C=O) groups is 1. The summed E-state index contributed by atoms with van der Waals surface area (Å²) < 4.78 is 5.79. The topological polar surface area (TPSA) is 38.3 Å². The Bertz CT molecular complexity index is 483. The molecule has 0 saturated heterocycles. The van der Waals surface area contributed by atoms with Crippen LogP contribution in [0.3, 0.4) is 0 Å². The van der Waals surface area contributed by atoms with Crippen LogP contribution < -0.4 is 10.1 Å². The van der Waals surface area contributed by atoms with E-state index in [1.165, 1.54) is 17.5 Å². The lowest BCUT2D eigenvalue weighted by molar-refractivity contribution is -0.119. The highest BCUT2D eigenvalue weighted by molar-refractivity contribution is 5.72. The fourth-order valence-corrected chi connectivity index (χ4v) is 2.93. The lowest BCUT2D eigenvalue weighted by Crippen LogP contribution is -2.22. The lowest BCUT2D eigenvalue weighted by Gasteiger charge is -2.06. The molecule has 1 aromatic carbocycles. The van der Waals surface area contributed by atoms with E-state index in [1.54, 1.807) is 6.92 Å². The van der Waals surface area contributed by atoms with Crippen LogP contribution in [0.4, 0.5) is 0 Å². The third kappa shape index (κ3) is 2.09.